The van der Waals surface area contributed by atoms with Crippen LogP contribution in [0.15, 0.2) is 72.8 Å². The van der Waals surface area contributed by atoms with Crippen molar-refractivity contribution in [2.45, 2.75) is 71.3 Å². The first-order valence-electron chi connectivity index (χ1n) is 14.3. The number of anilines is 1. The van der Waals surface area contributed by atoms with Crippen molar-refractivity contribution in [1.29, 1.82) is 0 Å². The molecule has 0 aliphatic heterocycles. The Morgan fingerprint density at radius 1 is 0.976 bits per heavy atom. The highest BCUT2D eigenvalue weighted by molar-refractivity contribution is 6.04. The van der Waals surface area contributed by atoms with E-state index in [1.54, 1.807) is 12.1 Å². The zero-order valence-corrected chi connectivity index (χ0v) is 24.2. The Morgan fingerprint density at radius 3 is 2.34 bits per heavy atom. The van der Waals surface area contributed by atoms with Gasteiger partial charge in [-0.1, -0.05) is 70.0 Å². The number of phenols is 1. The van der Waals surface area contributed by atoms with Crippen molar-refractivity contribution >= 4 is 17.6 Å². The third-order valence-corrected chi connectivity index (χ3v) is 7.94. The van der Waals surface area contributed by atoms with Crippen molar-refractivity contribution in [1.82, 2.24) is 15.1 Å². The maximum absolute atomic E-state index is 13.3. The van der Waals surface area contributed by atoms with Crippen molar-refractivity contribution < 1.29 is 14.7 Å². The van der Waals surface area contributed by atoms with Gasteiger partial charge >= 0.3 is 6.03 Å². The van der Waals surface area contributed by atoms with E-state index in [-0.39, 0.29) is 29.0 Å². The summed E-state index contributed by atoms with van der Waals surface area (Å²) in [4.78, 5) is 26.1. The van der Waals surface area contributed by atoms with E-state index in [9.17, 15) is 14.7 Å². The molecule has 4 aromatic rings. The number of phenolic OH excluding ortho intramolecular Hbond substituents is 1. The van der Waals surface area contributed by atoms with Crippen molar-refractivity contribution in [2.24, 2.45) is 0 Å². The molecule has 41 heavy (non-hydrogen) atoms. The van der Waals surface area contributed by atoms with Crippen molar-refractivity contribution in [3.8, 4) is 17.0 Å². The maximum atomic E-state index is 13.3. The van der Waals surface area contributed by atoms with Gasteiger partial charge in [-0.25, -0.2) is 4.79 Å². The first-order valence-corrected chi connectivity index (χ1v) is 14.3. The van der Waals surface area contributed by atoms with Crippen molar-refractivity contribution in [3.05, 3.63) is 101 Å². The molecular formula is C34H38N4O3. The van der Waals surface area contributed by atoms with E-state index in [0.717, 1.165) is 48.1 Å². The van der Waals surface area contributed by atoms with Gasteiger partial charge in [-0.2, -0.15) is 9.78 Å². The average molecular weight is 551 g/mol. The molecule has 1 fully saturated rings. The molecule has 0 radical (unpaired) electrons. The third-order valence-electron chi connectivity index (χ3n) is 7.94. The molecule has 3 aromatic carbocycles. The Labute approximate surface area is 241 Å². The average Bonchev–Trinajstić information content (AvgIpc) is 3.63. The predicted molar refractivity (Wildman–Crippen MR) is 162 cm³/mol. The fourth-order valence-corrected chi connectivity index (χ4v) is 5.41. The molecule has 5 rings (SSSR count). The number of rotatable bonds is 6. The molecule has 0 bridgehead atoms. The van der Waals surface area contributed by atoms with E-state index in [4.69, 9.17) is 0 Å². The second-order valence-electron chi connectivity index (χ2n) is 11.9. The molecule has 0 saturated heterocycles. The number of hydrogen-bond acceptors (Lipinski definition) is 4. The number of nitrogens with zero attached hydrogens (tertiary/aromatic N) is 2. The summed E-state index contributed by atoms with van der Waals surface area (Å²) in [5.41, 5.74) is 6.21. The lowest BCUT2D eigenvalue weighted by Gasteiger charge is -2.19. The Kier molecular flexibility index (Phi) is 7.97. The van der Waals surface area contributed by atoms with Gasteiger partial charge < -0.3 is 15.7 Å². The first-order chi connectivity index (χ1) is 19.6. The molecule has 1 aromatic heterocycles. The van der Waals surface area contributed by atoms with Crippen LogP contribution in [0.4, 0.5) is 10.5 Å². The standard InChI is InChI=1S/C34H38N4O3/c1-22-9-5-6-12-25(22)21-35-33(41)38-30(23-10-7-8-11-23)20-29(37-38)28-18-17-27(19-31(28)39)36-32(40)24-13-15-26(16-14-24)34(2,3)4/h5-6,9,12-20,23,39H,7-8,10-11,21H2,1-4H3,(H,35,41)(H,36,40). The number of carbonyl (C=O) groups excluding carboxylic acids is 2. The Morgan fingerprint density at radius 2 is 1.68 bits per heavy atom. The number of carbonyl (C=O) groups is 2. The molecule has 3 N–H and O–H groups in total. The lowest BCUT2D eigenvalue weighted by molar-refractivity contribution is 0.102. The first kappa shape index (κ1) is 28.1. The van der Waals surface area contributed by atoms with Crippen molar-refractivity contribution in [2.75, 3.05) is 5.32 Å². The van der Waals surface area contributed by atoms with Crippen LogP contribution in [-0.4, -0.2) is 26.8 Å². The van der Waals surface area contributed by atoms with E-state index < -0.39 is 0 Å². The number of aromatic nitrogens is 2. The van der Waals surface area contributed by atoms with Gasteiger partial charge in [-0.05, 0) is 72.2 Å². The molecular weight excluding hydrogens is 512 g/mol. The molecule has 0 atom stereocenters. The molecule has 212 valence electrons. The lowest BCUT2D eigenvalue weighted by Crippen LogP contribution is -2.31. The van der Waals surface area contributed by atoms with Gasteiger partial charge in [-0.3, -0.25) is 4.79 Å². The SMILES string of the molecule is Cc1ccccc1CNC(=O)n1nc(-c2ccc(NC(=O)c3ccc(C(C)(C)C)cc3)cc2O)cc1C1CCCC1. The summed E-state index contributed by atoms with van der Waals surface area (Å²) < 4.78 is 1.46. The van der Waals surface area contributed by atoms with E-state index in [1.807, 2.05) is 61.5 Å². The zero-order chi connectivity index (χ0) is 29.1. The second kappa shape index (κ2) is 11.6. The maximum Gasteiger partial charge on any atom is 0.342 e. The van der Waals surface area contributed by atoms with Gasteiger partial charge in [0, 0.05) is 35.3 Å². The predicted octanol–water partition coefficient (Wildman–Crippen LogP) is 7.53. The number of nitrogens with one attached hydrogen (secondary N) is 2. The summed E-state index contributed by atoms with van der Waals surface area (Å²) in [7, 11) is 0. The van der Waals surface area contributed by atoms with E-state index in [1.165, 1.54) is 10.7 Å². The van der Waals surface area contributed by atoms with Gasteiger partial charge in [0.2, 0.25) is 0 Å². The highest BCUT2D eigenvalue weighted by Crippen LogP contribution is 2.38. The smallest absolute Gasteiger partial charge is 0.342 e. The van der Waals surface area contributed by atoms with E-state index >= 15 is 0 Å². The molecule has 1 heterocycles. The van der Waals surface area contributed by atoms with Gasteiger partial charge in [0.25, 0.3) is 5.91 Å². The number of aryl methyl sites for hydroxylation is 1. The van der Waals surface area contributed by atoms with E-state index in [0.29, 0.717) is 29.1 Å². The largest absolute Gasteiger partial charge is 0.507 e. The van der Waals surface area contributed by atoms with Crippen LogP contribution in [0.25, 0.3) is 11.3 Å². The fourth-order valence-electron chi connectivity index (χ4n) is 5.41. The summed E-state index contributed by atoms with van der Waals surface area (Å²) in [5.74, 6) is -0.0320. The molecule has 2 amide bonds. The van der Waals surface area contributed by atoms with Crippen molar-refractivity contribution in [3.63, 3.8) is 0 Å². The summed E-state index contributed by atoms with van der Waals surface area (Å²) >= 11 is 0. The van der Waals surface area contributed by atoms with Crippen LogP contribution in [-0.2, 0) is 12.0 Å². The minimum absolute atomic E-state index is 0.00283. The number of amides is 2. The molecule has 7 heteroatoms. The monoisotopic (exact) mass is 550 g/mol. The minimum Gasteiger partial charge on any atom is -0.507 e. The molecule has 1 aliphatic rings. The summed E-state index contributed by atoms with van der Waals surface area (Å²) in [6.07, 6.45) is 4.25. The summed E-state index contributed by atoms with van der Waals surface area (Å²) in [6, 6.07) is 22.1. The normalized spacial score (nSPS) is 13.8. The molecule has 1 saturated carbocycles. The Hall–Kier alpha value is -4.39. The molecule has 0 unspecified atom stereocenters. The second-order valence-corrected chi connectivity index (χ2v) is 11.9. The Bertz CT molecular complexity index is 1560. The summed E-state index contributed by atoms with van der Waals surface area (Å²) in [5, 5.41) is 21.5. The van der Waals surface area contributed by atoms with Crippen LogP contribution in [0.2, 0.25) is 0 Å². The van der Waals surface area contributed by atoms with E-state index in [2.05, 4.69) is 36.5 Å². The fraction of sp³-hybridized carbons (Fsp3) is 0.324. The number of hydrogen-bond donors (Lipinski definition) is 3. The zero-order valence-electron chi connectivity index (χ0n) is 24.2. The lowest BCUT2D eigenvalue weighted by atomic mass is 9.87. The third kappa shape index (κ3) is 6.35. The minimum atomic E-state index is -0.290. The highest BCUT2D eigenvalue weighted by atomic mass is 16.3. The van der Waals surface area contributed by atoms with Crippen LogP contribution in [0.3, 0.4) is 0 Å². The molecule has 1 aliphatic carbocycles. The van der Waals surface area contributed by atoms with Crippen LogP contribution < -0.4 is 10.6 Å². The topological polar surface area (TPSA) is 96.3 Å². The van der Waals surface area contributed by atoms with Gasteiger partial charge in [0.1, 0.15) is 5.75 Å². The van der Waals surface area contributed by atoms with Crippen LogP contribution >= 0.6 is 0 Å². The molecule has 0 spiro atoms. The van der Waals surface area contributed by atoms with Gasteiger partial charge in [-0.15, -0.1) is 0 Å². The van der Waals surface area contributed by atoms with Crippen LogP contribution in [0.5, 0.6) is 5.75 Å². The quantitative estimate of drug-likeness (QED) is 0.231. The van der Waals surface area contributed by atoms with Crippen LogP contribution in [0.1, 0.15) is 85.1 Å². The molecule has 7 nitrogen and oxygen atoms in total. The van der Waals surface area contributed by atoms with Crippen LogP contribution in [0, 0.1) is 6.92 Å². The Balaban J connectivity index is 1.35. The highest BCUT2D eigenvalue weighted by Gasteiger charge is 2.26. The summed E-state index contributed by atoms with van der Waals surface area (Å²) in [6.45, 7) is 8.82. The number of benzene rings is 3. The number of aromatic hydroxyl groups is 1. The van der Waals surface area contributed by atoms with Gasteiger partial charge in [0.15, 0.2) is 0 Å². The van der Waals surface area contributed by atoms with Gasteiger partial charge in [0.05, 0.1) is 11.4 Å².